The van der Waals surface area contributed by atoms with Crippen molar-refractivity contribution in [3.8, 4) is 0 Å². The second-order valence-corrected chi connectivity index (χ2v) is 7.84. The van der Waals surface area contributed by atoms with E-state index in [9.17, 15) is 4.79 Å². The van der Waals surface area contributed by atoms with Gasteiger partial charge in [0.2, 0.25) is 0 Å². The molecule has 0 radical (unpaired) electrons. The van der Waals surface area contributed by atoms with Crippen LogP contribution in [0.4, 0.5) is 0 Å². The highest BCUT2D eigenvalue weighted by atomic mass is 127. The van der Waals surface area contributed by atoms with Gasteiger partial charge < -0.3 is 20.0 Å². The Morgan fingerprint density at radius 3 is 2.39 bits per heavy atom. The van der Waals surface area contributed by atoms with Gasteiger partial charge in [-0.25, -0.2) is 0 Å². The van der Waals surface area contributed by atoms with Gasteiger partial charge in [0, 0.05) is 63.4 Å². The third-order valence-corrected chi connectivity index (χ3v) is 5.45. The van der Waals surface area contributed by atoms with Crippen LogP contribution in [-0.4, -0.2) is 68.0 Å². The lowest BCUT2D eigenvalue weighted by molar-refractivity contribution is 0.0925. The second kappa shape index (κ2) is 12.9. The van der Waals surface area contributed by atoms with Crippen molar-refractivity contribution in [2.45, 2.75) is 19.9 Å². The molecule has 1 aromatic heterocycles. The largest absolute Gasteiger partial charge is 0.459 e. The highest BCUT2D eigenvalue weighted by Crippen LogP contribution is 2.13. The first-order valence-electron chi connectivity index (χ1n) is 10.3. The molecular formula is C22H31ClIN5O2. The number of aryl methyl sites for hydroxylation is 1. The summed E-state index contributed by atoms with van der Waals surface area (Å²) in [6.07, 6.45) is 2.34. The fraction of sp³-hybridized carbons (Fsp3) is 0.455. The molecular weight excluding hydrogens is 529 g/mol. The summed E-state index contributed by atoms with van der Waals surface area (Å²) in [4.78, 5) is 21.2. The Morgan fingerprint density at radius 1 is 1.10 bits per heavy atom. The predicted molar refractivity (Wildman–Crippen MR) is 135 cm³/mol. The third kappa shape index (κ3) is 7.69. The second-order valence-electron chi connectivity index (χ2n) is 7.41. The topological polar surface area (TPSA) is 73.1 Å². The van der Waals surface area contributed by atoms with Gasteiger partial charge in [0.25, 0.3) is 5.91 Å². The average Bonchev–Trinajstić information content (AvgIpc) is 3.19. The van der Waals surface area contributed by atoms with Crippen molar-refractivity contribution in [2.75, 3.05) is 46.3 Å². The van der Waals surface area contributed by atoms with E-state index in [1.54, 1.807) is 6.07 Å². The number of aliphatic imine (C=N–C) groups is 1. The average molecular weight is 560 g/mol. The number of benzene rings is 1. The predicted octanol–water partition coefficient (Wildman–Crippen LogP) is 3.37. The molecule has 2 heterocycles. The van der Waals surface area contributed by atoms with Gasteiger partial charge in [-0.3, -0.25) is 14.7 Å². The van der Waals surface area contributed by atoms with Crippen LogP contribution in [0.1, 0.15) is 28.1 Å². The van der Waals surface area contributed by atoms with Crippen LogP contribution in [-0.2, 0) is 6.54 Å². The molecule has 2 aromatic rings. The first-order chi connectivity index (χ1) is 14.6. The van der Waals surface area contributed by atoms with Crippen molar-refractivity contribution in [1.82, 2.24) is 20.4 Å². The van der Waals surface area contributed by atoms with Gasteiger partial charge >= 0.3 is 0 Å². The molecule has 0 saturated carbocycles. The molecule has 7 nitrogen and oxygen atoms in total. The number of hydrogen-bond acceptors (Lipinski definition) is 4. The molecule has 9 heteroatoms. The van der Waals surface area contributed by atoms with Gasteiger partial charge in [0.15, 0.2) is 11.7 Å². The summed E-state index contributed by atoms with van der Waals surface area (Å²) >= 11 is 5.97. The lowest BCUT2D eigenvalue weighted by Gasteiger charge is -2.36. The molecule has 0 spiro atoms. The lowest BCUT2D eigenvalue weighted by Crippen LogP contribution is -2.52. The van der Waals surface area contributed by atoms with Gasteiger partial charge in [-0.05, 0) is 37.1 Å². The fourth-order valence-corrected chi connectivity index (χ4v) is 3.60. The summed E-state index contributed by atoms with van der Waals surface area (Å²) in [5.74, 6) is 1.13. The number of piperazine rings is 1. The van der Waals surface area contributed by atoms with Gasteiger partial charge in [-0.15, -0.1) is 24.0 Å². The van der Waals surface area contributed by atoms with E-state index < -0.39 is 0 Å². The molecule has 1 saturated heterocycles. The van der Waals surface area contributed by atoms with Crippen molar-refractivity contribution >= 4 is 47.4 Å². The minimum atomic E-state index is -0.168. The number of carbonyl (C=O) groups excluding carboxylic acids is 1. The van der Waals surface area contributed by atoms with Crippen LogP contribution < -0.4 is 10.6 Å². The van der Waals surface area contributed by atoms with Crippen molar-refractivity contribution in [1.29, 1.82) is 0 Å². The van der Waals surface area contributed by atoms with Gasteiger partial charge in [-0.2, -0.15) is 0 Å². The quantitative estimate of drug-likeness (QED) is 0.236. The summed E-state index contributed by atoms with van der Waals surface area (Å²) in [6, 6.07) is 9.84. The minimum absolute atomic E-state index is 0. The van der Waals surface area contributed by atoms with Crippen molar-refractivity contribution in [3.63, 3.8) is 0 Å². The molecule has 0 bridgehead atoms. The zero-order valence-corrected chi connectivity index (χ0v) is 21.2. The van der Waals surface area contributed by atoms with E-state index in [0.29, 0.717) is 12.3 Å². The molecule has 1 fully saturated rings. The maximum atomic E-state index is 12.0. The first-order valence-corrected chi connectivity index (χ1v) is 10.7. The van der Waals surface area contributed by atoms with E-state index in [2.05, 4.69) is 37.6 Å². The number of hydrogen-bond donors (Lipinski definition) is 2. The molecule has 0 atom stereocenters. The summed E-state index contributed by atoms with van der Waals surface area (Å²) in [7, 11) is 1.81. The fourth-order valence-electron chi connectivity index (χ4n) is 3.47. The van der Waals surface area contributed by atoms with Gasteiger partial charge in [0.1, 0.15) is 0 Å². The van der Waals surface area contributed by atoms with Crippen molar-refractivity contribution in [2.24, 2.45) is 4.99 Å². The van der Waals surface area contributed by atoms with E-state index in [0.717, 1.165) is 62.2 Å². The van der Waals surface area contributed by atoms with Crippen LogP contribution in [0.3, 0.4) is 0 Å². The summed E-state index contributed by atoms with van der Waals surface area (Å²) < 4.78 is 5.21. The van der Waals surface area contributed by atoms with E-state index in [-0.39, 0.29) is 29.9 Å². The van der Waals surface area contributed by atoms with Gasteiger partial charge in [-0.1, -0.05) is 23.7 Å². The SMILES string of the molecule is CN=C(NCCCNC(=O)c1occc1C)N1CCN(Cc2ccc(Cl)cc2)CC1.I. The molecule has 1 aliphatic heterocycles. The monoisotopic (exact) mass is 559 g/mol. The molecule has 1 aliphatic rings. The van der Waals surface area contributed by atoms with Crippen LogP contribution in [0.25, 0.3) is 0 Å². The Labute approximate surface area is 206 Å². The maximum absolute atomic E-state index is 12.0. The number of furan rings is 1. The Hall–Kier alpha value is -1.78. The van der Waals surface area contributed by atoms with E-state index in [1.807, 2.05) is 26.1 Å². The Balaban J connectivity index is 0.00000341. The van der Waals surface area contributed by atoms with Crippen LogP contribution in [0.15, 0.2) is 46.0 Å². The standard InChI is InChI=1S/C22H30ClN5O2.HI/c1-17-8-15-30-20(17)21(29)25-9-3-10-26-22(24-2)28-13-11-27(12-14-28)16-18-4-6-19(23)7-5-18;/h4-8,15H,3,9-14,16H2,1-2H3,(H,24,26)(H,25,29);1H. The van der Waals surface area contributed by atoms with Crippen LogP contribution in [0, 0.1) is 6.92 Å². The molecule has 2 N–H and O–H groups in total. The smallest absolute Gasteiger partial charge is 0.287 e. The van der Waals surface area contributed by atoms with Gasteiger partial charge in [0.05, 0.1) is 6.26 Å². The molecule has 3 rings (SSSR count). The number of nitrogens with one attached hydrogen (secondary N) is 2. The number of guanidine groups is 1. The van der Waals surface area contributed by atoms with E-state index >= 15 is 0 Å². The highest BCUT2D eigenvalue weighted by Gasteiger charge is 2.19. The third-order valence-electron chi connectivity index (χ3n) is 5.19. The number of nitrogens with zero attached hydrogens (tertiary/aromatic N) is 3. The summed E-state index contributed by atoms with van der Waals surface area (Å²) in [6.45, 7) is 7.96. The summed E-state index contributed by atoms with van der Waals surface area (Å²) in [5.41, 5.74) is 2.13. The Kier molecular flexibility index (Phi) is 10.6. The lowest BCUT2D eigenvalue weighted by atomic mass is 10.2. The molecule has 170 valence electrons. The number of carbonyl (C=O) groups is 1. The van der Waals surface area contributed by atoms with Crippen LogP contribution in [0.2, 0.25) is 5.02 Å². The van der Waals surface area contributed by atoms with E-state index in [1.165, 1.54) is 11.8 Å². The molecule has 1 amide bonds. The number of halogens is 2. The van der Waals surface area contributed by atoms with Crippen LogP contribution >= 0.6 is 35.6 Å². The molecule has 1 aromatic carbocycles. The minimum Gasteiger partial charge on any atom is -0.459 e. The summed E-state index contributed by atoms with van der Waals surface area (Å²) in [5, 5.41) is 7.06. The molecule has 0 aliphatic carbocycles. The zero-order valence-electron chi connectivity index (χ0n) is 18.1. The van der Waals surface area contributed by atoms with Crippen LogP contribution in [0.5, 0.6) is 0 Å². The normalized spacial score (nSPS) is 14.8. The molecule has 31 heavy (non-hydrogen) atoms. The molecule has 0 unspecified atom stereocenters. The number of rotatable bonds is 7. The zero-order chi connectivity index (χ0) is 21.3. The van der Waals surface area contributed by atoms with E-state index in [4.69, 9.17) is 16.0 Å². The first kappa shape index (κ1) is 25.5. The van der Waals surface area contributed by atoms with Crippen molar-refractivity contribution in [3.05, 3.63) is 58.5 Å². The Morgan fingerprint density at radius 2 is 1.77 bits per heavy atom. The number of amides is 1. The van der Waals surface area contributed by atoms with Crippen molar-refractivity contribution < 1.29 is 9.21 Å². The Bertz CT molecular complexity index is 848. The maximum Gasteiger partial charge on any atom is 0.287 e. The highest BCUT2D eigenvalue weighted by molar-refractivity contribution is 14.0.